The molecule has 0 N–H and O–H groups in total. The molecule has 4 heteroatoms. The first-order valence-electron chi connectivity index (χ1n) is 6.75. The van der Waals surface area contributed by atoms with E-state index in [0.29, 0.717) is 5.92 Å². The molecule has 1 heterocycles. The van der Waals surface area contributed by atoms with E-state index in [-0.39, 0.29) is 5.92 Å². The van der Waals surface area contributed by atoms with E-state index in [1.54, 1.807) is 6.07 Å². The molecule has 1 atom stereocenters. The van der Waals surface area contributed by atoms with Crippen LogP contribution in [0.3, 0.4) is 0 Å². The first-order chi connectivity index (χ1) is 8.79. The molecule has 2 rings (SSSR count). The van der Waals surface area contributed by atoms with E-state index >= 15 is 0 Å². The lowest BCUT2D eigenvalue weighted by Gasteiger charge is -2.25. The monoisotopic (exact) mass is 271 g/mol. The van der Waals surface area contributed by atoms with Gasteiger partial charge in [0.05, 0.1) is 5.56 Å². The minimum absolute atomic E-state index is 0.230. The van der Waals surface area contributed by atoms with Gasteiger partial charge in [0.25, 0.3) is 0 Å². The van der Waals surface area contributed by atoms with Gasteiger partial charge in [0, 0.05) is 18.8 Å². The van der Waals surface area contributed by atoms with E-state index in [2.05, 4.69) is 11.8 Å². The molecule has 1 aromatic carbocycles. The maximum Gasteiger partial charge on any atom is 0.416 e. The van der Waals surface area contributed by atoms with Gasteiger partial charge in [0.1, 0.15) is 0 Å². The maximum atomic E-state index is 12.8. The Hall–Kier alpha value is -1.19. The van der Waals surface area contributed by atoms with Crippen molar-refractivity contribution < 1.29 is 13.2 Å². The van der Waals surface area contributed by atoms with Crippen LogP contribution < -0.4 is 4.90 Å². The van der Waals surface area contributed by atoms with Gasteiger partial charge in [-0.05, 0) is 36.0 Å². The molecule has 1 fully saturated rings. The van der Waals surface area contributed by atoms with E-state index in [1.807, 2.05) is 13.8 Å². The predicted molar refractivity (Wildman–Crippen MR) is 71.5 cm³/mol. The third kappa shape index (κ3) is 3.04. The van der Waals surface area contributed by atoms with Crippen molar-refractivity contribution in [3.63, 3.8) is 0 Å². The zero-order valence-corrected chi connectivity index (χ0v) is 11.6. The Kier molecular flexibility index (Phi) is 3.79. The van der Waals surface area contributed by atoms with Crippen molar-refractivity contribution in [2.75, 3.05) is 18.0 Å². The largest absolute Gasteiger partial charge is 0.416 e. The smallest absolute Gasteiger partial charge is 0.371 e. The molecule has 0 spiro atoms. The van der Waals surface area contributed by atoms with Gasteiger partial charge >= 0.3 is 6.18 Å². The van der Waals surface area contributed by atoms with Gasteiger partial charge in [-0.1, -0.05) is 26.8 Å². The summed E-state index contributed by atoms with van der Waals surface area (Å²) in [5, 5.41) is 0. The molecular weight excluding hydrogens is 251 g/mol. The van der Waals surface area contributed by atoms with Crippen LogP contribution in [-0.2, 0) is 6.18 Å². The number of halogens is 3. The fraction of sp³-hybridized carbons (Fsp3) is 0.600. The van der Waals surface area contributed by atoms with Crippen molar-refractivity contribution in [1.29, 1.82) is 0 Å². The summed E-state index contributed by atoms with van der Waals surface area (Å²) >= 11 is 0. The molecule has 0 aliphatic carbocycles. The van der Waals surface area contributed by atoms with Crippen molar-refractivity contribution >= 4 is 5.69 Å². The van der Waals surface area contributed by atoms with Gasteiger partial charge in [0.2, 0.25) is 0 Å². The zero-order chi connectivity index (χ0) is 14.2. The van der Waals surface area contributed by atoms with Crippen molar-refractivity contribution in [3.05, 3.63) is 29.3 Å². The van der Waals surface area contributed by atoms with E-state index < -0.39 is 11.7 Å². The highest BCUT2D eigenvalue weighted by molar-refractivity contribution is 5.58. The number of alkyl halides is 3. The third-order valence-electron chi connectivity index (χ3n) is 3.74. The average Bonchev–Trinajstić information content (AvgIpc) is 2.73. The van der Waals surface area contributed by atoms with E-state index in [9.17, 15) is 13.2 Å². The third-order valence-corrected chi connectivity index (χ3v) is 3.74. The molecule has 0 saturated carbocycles. The van der Waals surface area contributed by atoms with Crippen LogP contribution in [0.5, 0.6) is 0 Å². The van der Waals surface area contributed by atoms with E-state index in [4.69, 9.17) is 0 Å². The van der Waals surface area contributed by atoms with Crippen LogP contribution in [0.15, 0.2) is 18.2 Å². The standard InChI is InChI=1S/C15H20F3N/c1-10(2)13-5-4-12(15(16,17)18)8-14(13)19-7-6-11(3)9-19/h4-5,8,10-11H,6-7,9H2,1-3H3. The number of hydrogen-bond acceptors (Lipinski definition) is 1. The second-order valence-electron chi connectivity index (χ2n) is 5.77. The van der Waals surface area contributed by atoms with Crippen LogP contribution in [-0.4, -0.2) is 13.1 Å². The van der Waals surface area contributed by atoms with Gasteiger partial charge in [-0.15, -0.1) is 0 Å². The lowest BCUT2D eigenvalue weighted by atomic mass is 9.98. The summed E-state index contributed by atoms with van der Waals surface area (Å²) < 4.78 is 38.5. The number of rotatable bonds is 2. The number of hydrogen-bond donors (Lipinski definition) is 0. The van der Waals surface area contributed by atoms with Crippen molar-refractivity contribution in [1.82, 2.24) is 0 Å². The normalized spacial score (nSPS) is 20.4. The number of nitrogens with zero attached hydrogens (tertiary/aromatic N) is 1. The van der Waals surface area contributed by atoms with Gasteiger partial charge in [-0.2, -0.15) is 13.2 Å². The lowest BCUT2D eigenvalue weighted by Crippen LogP contribution is -2.21. The molecule has 0 aromatic heterocycles. The van der Waals surface area contributed by atoms with Crippen LogP contribution in [0.4, 0.5) is 18.9 Å². The molecule has 0 amide bonds. The summed E-state index contributed by atoms with van der Waals surface area (Å²) in [5.74, 6) is 0.780. The van der Waals surface area contributed by atoms with Crippen LogP contribution in [0.25, 0.3) is 0 Å². The maximum absolute atomic E-state index is 12.8. The molecule has 0 radical (unpaired) electrons. The van der Waals surface area contributed by atoms with Crippen molar-refractivity contribution in [2.24, 2.45) is 5.92 Å². The Morgan fingerprint density at radius 2 is 1.95 bits per heavy atom. The summed E-state index contributed by atoms with van der Waals surface area (Å²) in [6.45, 7) is 7.88. The molecule has 19 heavy (non-hydrogen) atoms. The van der Waals surface area contributed by atoms with Crippen LogP contribution in [0.1, 0.15) is 44.2 Å². The Morgan fingerprint density at radius 3 is 2.42 bits per heavy atom. The fourth-order valence-corrected chi connectivity index (χ4v) is 2.64. The molecule has 1 aliphatic heterocycles. The molecule has 1 aromatic rings. The van der Waals surface area contributed by atoms with Gasteiger partial charge < -0.3 is 4.90 Å². The summed E-state index contributed by atoms with van der Waals surface area (Å²) in [5.41, 5.74) is 1.21. The summed E-state index contributed by atoms with van der Waals surface area (Å²) in [6.07, 6.45) is -3.22. The first-order valence-corrected chi connectivity index (χ1v) is 6.75. The second-order valence-corrected chi connectivity index (χ2v) is 5.77. The van der Waals surface area contributed by atoms with Crippen LogP contribution in [0, 0.1) is 5.92 Å². The Morgan fingerprint density at radius 1 is 1.26 bits per heavy atom. The fourth-order valence-electron chi connectivity index (χ4n) is 2.64. The highest BCUT2D eigenvalue weighted by atomic mass is 19.4. The molecule has 0 bridgehead atoms. The molecule has 1 aliphatic rings. The zero-order valence-electron chi connectivity index (χ0n) is 11.6. The summed E-state index contributed by atoms with van der Waals surface area (Å²) in [7, 11) is 0. The van der Waals surface area contributed by atoms with Crippen molar-refractivity contribution in [2.45, 2.75) is 39.3 Å². The van der Waals surface area contributed by atoms with Crippen molar-refractivity contribution in [3.8, 4) is 0 Å². The molecule has 1 unspecified atom stereocenters. The number of anilines is 1. The summed E-state index contributed by atoms with van der Waals surface area (Å²) in [4.78, 5) is 2.09. The Bertz CT molecular complexity index is 451. The predicted octanol–water partition coefficient (Wildman–Crippen LogP) is 4.68. The SMILES string of the molecule is CC1CCN(c2cc(C(F)(F)F)ccc2C(C)C)C1. The van der Waals surface area contributed by atoms with E-state index in [0.717, 1.165) is 30.8 Å². The minimum Gasteiger partial charge on any atom is -0.371 e. The second kappa shape index (κ2) is 5.06. The van der Waals surface area contributed by atoms with Crippen LogP contribution >= 0.6 is 0 Å². The highest BCUT2D eigenvalue weighted by Gasteiger charge is 2.32. The summed E-state index contributed by atoms with van der Waals surface area (Å²) in [6, 6.07) is 4.14. The van der Waals surface area contributed by atoms with Crippen LogP contribution in [0.2, 0.25) is 0 Å². The first kappa shape index (κ1) is 14.2. The molecular formula is C15H20F3N. The average molecular weight is 271 g/mol. The van der Waals surface area contributed by atoms with E-state index in [1.165, 1.54) is 12.1 Å². The van der Waals surface area contributed by atoms with Gasteiger partial charge in [0.15, 0.2) is 0 Å². The number of benzene rings is 1. The topological polar surface area (TPSA) is 3.24 Å². The minimum atomic E-state index is -4.27. The molecule has 106 valence electrons. The molecule has 1 saturated heterocycles. The lowest BCUT2D eigenvalue weighted by molar-refractivity contribution is -0.137. The van der Waals surface area contributed by atoms with Gasteiger partial charge in [-0.3, -0.25) is 0 Å². The Labute approximate surface area is 112 Å². The van der Waals surface area contributed by atoms with Gasteiger partial charge in [-0.25, -0.2) is 0 Å². The highest BCUT2D eigenvalue weighted by Crippen LogP contribution is 2.37. The molecule has 1 nitrogen and oxygen atoms in total. The quantitative estimate of drug-likeness (QED) is 0.755. The Balaban J connectivity index is 2.42.